The zero-order chi connectivity index (χ0) is 13.4. The molecule has 6 nitrogen and oxygen atoms in total. The van der Waals surface area contributed by atoms with Crippen molar-refractivity contribution in [3.63, 3.8) is 0 Å². The minimum atomic E-state index is 0.0596. The van der Waals surface area contributed by atoms with Crippen LogP contribution in [0.3, 0.4) is 0 Å². The van der Waals surface area contributed by atoms with Crippen LogP contribution in [0.4, 0.5) is 5.82 Å². The summed E-state index contributed by atoms with van der Waals surface area (Å²) in [6.07, 6.45) is 3.37. The summed E-state index contributed by atoms with van der Waals surface area (Å²) in [7, 11) is 0. The van der Waals surface area contributed by atoms with Gasteiger partial charge < -0.3 is 0 Å². The Balaban J connectivity index is 2.03. The number of pyridine rings is 1. The van der Waals surface area contributed by atoms with Gasteiger partial charge in [-0.1, -0.05) is 6.07 Å². The molecule has 0 N–H and O–H groups in total. The van der Waals surface area contributed by atoms with Crippen molar-refractivity contribution in [3.8, 4) is 0 Å². The lowest BCUT2D eigenvalue weighted by Crippen LogP contribution is -2.53. The predicted molar refractivity (Wildman–Crippen MR) is 72.0 cm³/mol. The van der Waals surface area contributed by atoms with E-state index < -0.39 is 0 Å². The van der Waals surface area contributed by atoms with Crippen molar-refractivity contribution in [2.24, 2.45) is 5.10 Å². The van der Waals surface area contributed by atoms with Crippen LogP contribution in [-0.4, -0.2) is 39.8 Å². The first-order valence-electron chi connectivity index (χ1n) is 6.27. The molecule has 3 rings (SSSR count). The Morgan fingerprint density at radius 2 is 2.21 bits per heavy atom. The van der Waals surface area contributed by atoms with Gasteiger partial charge in [-0.05, 0) is 26.0 Å². The molecule has 0 saturated carbocycles. The molecule has 0 radical (unpaired) electrons. The van der Waals surface area contributed by atoms with Crippen molar-refractivity contribution >= 4 is 17.3 Å². The summed E-state index contributed by atoms with van der Waals surface area (Å²) in [5, 5.41) is 10.0. The fourth-order valence-electron chi connectivity index (χ4n) is 2.25. The first kappa shape index (κ1) is 11.7. The van der Waals surface area contributed by atoms with Crippen LogP contribution in [0.25, 0.3) is 0 Å². The highest BCUT2D eigenvalue weighted by atomic mass is 16.1. The second kappa shape index (κ2) is 4.38. The molecule has 19 heavy (non-hydrogen) atoms. The number of nitrogens with zero attached hydrogens (tertiary/aromatic N) is 5. The van der Waals surface area contributed by atoms with Gasteiger partial charge in [0.05, 0.1) is 12.3 Å². The van der Waals surface area contributed by atoms with Crippen LogP contribution in [0.5, 0.6) is 0 Å². The quantitative estimate of drug-likeness (QED) is 0.796. The van der Waals surface area contributed by atoms with Gasteiger partial charge in [0.1, 0.15) is 18.1 Å². The lowest BCUT2D eigenvalue weighted by atomic mass is 10.2. The van der Waals surface area contributed by atoms with E-state index >= 15 is 0 Å². The van der Waals surface area contributed by atoms with E-state index in [9.17, 15) is 4.79 Å². The number of carbonyl (C=O) groups is 1. The zero-order valence-corrected chi connectivity index (χ0v) is 10.9. The molecule has 6 heteroatoms. The number of anilines is 1. The average molecular weight is 257 g/mol. The third kappa shape index (κ3) is 1.85. The van der Waals surface area contributed by atoms with Gasteiger partial charge in [-0.25, -0.2) is 9.99 Å². The van der Waals surface area contributed by atoms with Gasteiger partial charge in [0.2, 0.25) is 0 Å². The van der Waals surface area contributed by atoms with Crippen molar-refractivity contribution in [1.29, 1.82) is 0 Å². The fraction of sp³-hybridized carbons (Fsp3) is 0.308. The monoisotopic (exact) mass is 257 g/mol. The molecule has 98 valence electrons. The predicted octanol–water partition coefficient (Wildman–Crippen LogP) is 1.20. The average Bonchev–Trinajstić information content (AvgIpc) is 2.76. The molecule has 0 atom stereocenters. The summed E-state index contributed by atoms with van der Waals surface area (Å²) in [6, 6.07) is 5.65. The number of fused-ring (bicyclic) bond motifs is 1. The Morgan fingerprint density at radius 3 is 2.89 bits per heavy atom. The molecular weight excluding hydrogens is 242 g/mol. The maximum Gasteiger partial charge on any atom is 0.179 e. The third-order valence-corrected chi connectivity index (χ3v) is 3.10. The van der Waals surface area contributed by atoms with Crippen molar-refractivity contribution in [3.05, 3.63) is 36.2 Å². The largest absolute Gasteiger partial charge is 0.293 e. The molecule has 3 heterocycles. The van der Waals surface area contributed by atoms with Crippen LogP contribution < -0.4 is 5.01 Å². The normalized spacial score (nSPS) is 18.4. The number of carbonyl (C=O) groups excluding carboxylic acids is 1. The van der Waals surface area contributed by atoms with Gasteiger partial charge in [0, 0.05) is 12.3 Å². The molecule has 1 aromatic heterocycles. The van der Waals surface area contributed by atoms with E-state index in [1.807, 2.05) is 47.3 Å². The molecule has 0 spiro atoms. The van der Waals surface area contributed by atoms with E-state index in [0.717, 1.165) is 23.8 Å². The Labute approximate surface area is 111 Å². The van der Waals surface area contributed by atoms with Crippen LogP contribution in [-0.2, 0) is 4.79 Å². The van der Waals surface area contributed by atoms with Crippen molar-refractivity contribution in [2.45, 2.75) is 13.8 Å². The van der Waals surface area contributed by atoms with Crippen LogP contribution in [0.2, 0.25) is 0 Å². The molecule has 0 unspecified atom stereocenters. The van der Waals surface area contributed by atoms with Gasteiger partial charge in [-0.15, -0.1) is 0 Å². The second-order valence-electron chi connectivity index (χ2n) is 4.40. The first-order chi connectivity index (χ1) is 9.20. The molecule has 2 aliphatic rings. The molecule has 2 aliphatic heterocycles. The minimum Gasteiger partial charge on any atom is -0.293 e. The molecule has 1 aromatic rings. The molecule has 0 fully saturated rings. The van der Waals surface area contributed by atoms with E-state index in [4.69, 9.17) is 0 Å². The summed E-state index contributed by atoms with van der Waals surface area (Å²) >= 11 is 0. The Morgan fingerprint density at radius 1 is 1.37 bits per heavy atom. The molecule has 0 aromatic carbocycles. The lowest BCUT2D eigenvalue weighted by molar-refractivity contribution is -0.116. The molecule has 0 amide bonds. The van der Waals surface area contributed by atoms with E-state index in [0.29, 0.717) is 0 Å². The van der Waals surface area contributed by atoms with Gasteiger partial charge in [-0.2, -0.15) is 15.3 Å². The number of hydrogen-bond donors (Lipinski definition) is 0. The maximum absolute atomic E-state index is 11.9. The topological polar surface area (TPSA) is 52.0 Å². The lowest BCUT2D eigenvalue weighted by Gasteiger charge is -2.40. The highest BCUT2D eigenvalue weighted by Crippen LogP contribution is 2.28. The minimum absolute atomic E-state index is 0.0596. The number of ketones is 1. The van der Waals surface area contributed by atoms with Crippen molar-refractivity contribution in [1.82, 2.24) is 15.2 Å². The van der Waals surface area contributed by atoms with E-state index in [1.165, 1.54) is 0 Å². The molecule has 0 aliphatic carbocycles. The first-order valence-corrected chi connectivity index (χ1v) is 6.27. The van der Waals surface area contributed by atoms with Gasteiger partial charge in [0.15, 0.2) is 5.78 Å². The number of aromatic nitrogens is 1. The van der Waals surface area contributed by atoms with Crippen LogP contribution in [0.15, 0.2) is 41.3 Å². The summed E-state index contributed by atoms with van der Waals surface area (Å²) in [5.74, 6) is 0.800. The Hall–Kier alpha value is -2.37. The fourth-order valence-corrected chi connectivity index (χ4v) is 2.25. The van der Waals surface area contributed by atoms with E-state index in [2.05, 4.69) is 10.1 Å². The third-order valence-electron chi connectivity index (χ3n) is 3.10. The van der Waals surface area contributed by atoms with Crippen LogP contribution >= 0.6 is 0 Å². The maximum atomic E-state index is 11.9. The zero-order valence-electron chi connectivity index (χ0n) is 10.9. The summed E-state index contributed by atoms with van der Waals surface area (Å²) < 4.78 is 0. The number of hydrogen-bond acceptors (Lipinski definition) is 6. The second-order valence-corrected chi connectivity index (χ2v) is 4.40. The standard InChI is InChI=1S/C13H15N5O/c1-3-17-15-10(2)12-8-11(19)9-16(18(12)17)13-6-4-5-7-14-13/h4-8H,3,9H2,1-2H3. The number of allylic oxidation sites excluding steroid dienone is 1. The van der Waals surface area contributed by atoms with Gasteiger partial charge in [-0.3, -0.25) is 4.79 Å². The summed E-state index contributed by atoms with van der Waals surface area (Å²) in [4.78, 5) is 16.2. The van der Waals surface area contributed by atoms with Gasteiger partial charge >= 0.3 is 0 Å². The van der Waals surface area contributed by atoms with Gasteiger partial charge in [0.25, 0.3) is 0 Å². The summed E-state index contributed by atoms with van der Waals surface area (Å²) in [6.45, 7) is 4.93. The van der Waals surface area contributed by atoms with Crippen molar-refractivity contribution < 1.29 is 4.79 Å². The van der Waals surface area contributed by atoms with Crippen LogP contribution in [0, 0.1) is 0 Å². The van der Waals surface area contributed by atoms with E-state index in [1.54, 1.807) is 12.3 Å². The highest BCUT2D eigenvalue weighted by Gasteiger charge is 2.36. The SMILES string of the molecule is CCN1N=C(C)C2=CC(=O)CN(c3ccccn3)N21. The molecule has 0 saturated heterocycles. The molecular formula is C13H15N5O. The highest BCUT2D eigenvalue weighted by molar-refractivity contribution is 6.07. The van der Waals surface area contributed by atoms with Crippen LogP contribution in [0.1, 0.15) is 13.8 Å². The number of rotatable bonds is 2. The number of hydrazine groups is 2. The Bertz CT molecular complexity index is 566. The van der Waals surface area contributed by atoms with Crippen molar-refractivity contribution in [2.75, 3.05) is 18.1 Å². The molecule has 0 bridgehead atoms. The summed E-state index contributed by atoms with van der Waals surface area (Å²) in [5.41, 5.74) is 1.67. The van der Waals surface area contributed by atoms with E-state index in [-0.39, 0.29) is 12.3 Å². The smallest absolute Gasteiger partial charge is 0.179 e. The Kier molecular flexibility index (Phi) is 2.70. The number of hydrazone groups is 1.